The molecule has 0 aromatic heterocycles. The zero-order chi connectivity index (χ0) is 12.3. The van der Waals surface area contributed by atoms with Crippen molar-refractivity contribution in [3.8, 4) is 0 Å². The molecule has 17 heavy (non-hydrogen) atoms. The second-order valence-electron chi connectivity index (χ2n) is 4.84. The Morgan fingerprint density at radius 1 is 1.29 bits per heavy atom. The van der Waals surface area contributed by atoms with Gasteiger partial charge in [0.25, 0.3) is 0 Å². The number of hydrogen-bond acceptors (Lipinski definition) is 3. The third-order valence-electron chi connectivity index (χ3n) is 3.79. The van der Waals surface area contributed by atoms with Gasteiger partial charge < -0.3 is 0 Å². The first-order valence-corrected chi connectivity index (χ1v) is 7.39. The zero-order valence-electron chi connectivity index (χ0n) is 9.46. The molecule has 90 valence electrons. The Labute approximate surface area is 100 Å². The molecule has 0 bridgehead atoms. The fraction of sp³-hybridized carbons (Fsp3) is 0.417. The van der Waals surface area contributed by atoms with Crippen molar-refractivity contribution >= 4 is 15.9 Å². The quantitative estimate of drug-likeness (QED) is 0.779. The molecule has 2 atom stereocenters. The topological polar surface area (TPSA) is 54.5 Å². The molecular weight excluding hydrogens is 238 g/mol. The van der Waals surface area contributed by atoms with Crippen LogP contribution in [0, 0.1) is 5.92 Å². The second-order valence-corrected chi connectivity index (χ2v) is 6.74. The number of rotatable bonds is 2. The van der Waals surface area contributed by atoms with E-state index in [1.807, 2.05) is 30.3 Å². The summed E-state index contributed by atoms with van der Waals surface area (Å²) in [5.41, 5.74) is 0.394. The molecule has 1 aromatic carbocycles. The average Bonchev–Trinajstić information content (AvgIpc) is 2.94. The predicted octanol–water partition coefficient (Wildman–Crippen LogP) is 0.746. The third-order valence-corrected chi connectivity index (χ3v) is 4.90. The molecule has 1 aromatic rings. The number of fused-ring (bicyclic) bond motifs is 1. The van der Waals surface area contributed by atoms with Crippen LogP contribution in [0.3, 0.4) is 0 Å². The van der Waals surface area contributed by atoms with Gasteiger partial charge in [0.05, 0.1) is 11.7 Å². The summed E-state index contributed by atoms with van der Waals surface area (Å²) in [6, 6.07) is 9.48. The summed E-state index contributed by atoms with van der Waals surface area (Å²) in [6.45, 7) is 0.340. The maximum atomic E-state index is 12.3. The van der Waals surface area contributed by atoms with Crippen molar-refractivity contribution in [1.82, 2.24) is 4.31 Å². The Morgan fingerprint density at radius 3 is 2.47 bits per heavy atom. The van der Waals surface area contributed by atoms with Gasteiger partial charge in [-0.15, -0.1) is 0 Å². The van der Waals surface area contributed by atoms with Gasteiger partial charge >= 0.3 is 0 Å². The lowest BCUT2D eigenvalue weighted by Crippen LogP contribution is -2.37. The molecule has 0 radical (unpaired) electrons. The van der Waals surface area contributed by atoms with E-state index in [4.69, 9.17) is 0 Å². The lowest BCUT2D eigenvalue weighted by molar-refractivity contribution is -0.126. The van der Waals surface area contributed by atoms with Gasteiger partial charge in [0.1, 0.15) is 0 Å². The highest BCUT2D eigenvalue weighted by atomic mass is 32.2. The van der Waals surface area contributed by atoms with Crippen LogP contribution in [0.25, 0.3) is 0 Å². The van der Waals surface area contributed by atoms with E-state index in [1.54, 1.807) is 0 Å². The first-order chi connectivity index (χ1) is 7.96. The molecule has 1 aliphatic carbocycles. The van der Waals surface area contributed by atoms with Gasteiger partial charge in [-0.25, -0.2) is 12.7 Å². The second kappa shape index (κ2) is 3.10. The van der Waals surface area contributed by atoms with Crippen LogP contribution in [-0.4, -0.2) is 31.4 Å². The van der Waals surface area contributed by atoms with E-state index in [-0.39, 0.29) is 11.8 Å². The summed E-state index contributed by atoms with van der Waals surface area (Å²) < 4.78 is 24.0. The molecule has 3 rings (SSSR count). The van der Waals surface area contributed by atoms with Crippen molar-refractivity contribution in [2.45, 2.75) is 11.8 Å². The first kappa shape index (κ1) is 10.8. The third kappa shape index (κ3) is 1.35. The Balaban J connectivity index is 2.02. The van der Waals surface area contributed by atoms with E-state index >= 15 is 0 Å². The number of nitrogens with zero attached hydrogens (tertiary/aromatic N) is 1. The van der Waals surface area contributed by atoms with Crippen LogP contribution in [-0.2, 0) is 20.2 Å². The van der Waals surface area contributed by atoms with Crippen LogP contribution < -0.4 is 0 Å². The van der Waals surface area contributed by atoms with Gasteiger partial charge in [0, 0.05) is 6.54 Å². The van der Waals surface area contributed by atoms with E-state index in [0.717, 1.165) is 22.5 Å². The number of carbonyl (C=O) groups is 1. The van der Waals surface area contributed by atoms with Crippen molar-refractivity contribution in [3.05, 3.63) is 35.9 Å². The van der Waals surface area contributed by atoms with Gasteiger partial charge in [-0.2, -0.15) is 0 Å². The molecule has 2 fully saturated rings. The van der Waals surface area contributed by atoms with Crippen molar-refractivity contribution in [2.75, 3.05) is 12.8 Å². The smallest absolute Gasteiger partial charge is 0.247 e. The minimum atomic E-state index is -3.42. The molecular formula is C12H13NO3S. The molecule has 4 nitrogen and oxygen atoms in total. The summed E-state index contributed by atoms with van der Waals surface area (Å²) in [7, 11) is -3.42. The van der Waals surface area contributed by atoms with Crippen LogP contribution in [0.1, 0.15) is 12.0 Å². The van der Waals surface area contributed by atoms with Gasteiger partial charge in [-0.05, 0) is 17.9 Å². The van der Waals surface area contributed by atoms with Crippen LogP contribution in [0.5, 0.6) is 0 Å². The van der Waals surface area contributed by atoms with Crippen molar-refractivity contribution in [1.29, 1.82) is 0 Å². The Hall–Kier alpha value is -1.36. The molecule has 5 heteroatoms. The Bertz CT molecular complexity index is 581. The summed E-state index contributed by atoms with van der Waals surface area (Å²) in [5.74, 6) is -0.0941. The monoisotopic (exact) mass is 251 g/mol. The largest absolute Gasteiger partial charge is 0.273 e. The Morgan fingerprint density at radius 2 is 1.94 bits per heavy atom. The number of benzene rings is 1. The molecule has 0 N–H and O–H groups in total. The minimum absolute atomic E-state index is 0.159. The molecule has 1 heterocycles. The molecule has 2 aliphatic rings. The SMILES string of the molecule is CS(=O)(=O)N1CC2CC2(c2ccccc2)C1=O. The zero-order valence-corrected chi connectivity index (χ0v) is 10.3. The number of piperidine rings is 1. The van der Waals surface area contributed by atoms with Crippen molar-refractivity contribution in [2.24, 2.45) is 5.92 Å². The van der Waals surface area contributed by atoms with Gasteiger partial charge in [-0.1, -0.05) is 30.3 Å². The van der Waals surface area contributed by atoms with Gasteiger partial charge in [0.15, 0.2) is 0 Å². The van der Waals surface area contributed by atoms with Gasteiger partial charge in [-0.3, -0.25) is 4.79 Å². The summed E-state index contributed by atoms with van der Waals surface area (Å²) in [6.07, 6.45) is 1.87. The Kier molecular flexibility index (Phi) is 1.96. The molecule has 1 saturated carbocycles. The predicted molar refractivity (Wildman–Crippen MR) is 62.8 cm³/mol. The minimum Gasteiger partial charge on any atom is -0.273 e. The highest BCUT2D eigenvalue weighted by molar-refractivity contribution is 7.88. The van der Waals surface area contributed by atoms with Crippen LogP contribution in [0.2, 0.25) is 0 Å². The molecule has 0 spiro atoms. The van der Waals surface area contributed by atoms with E-state index in [9.17, 15) is 13.2 Å². The maximum absolute atomic E-state index is 12.3. The fourth-order valence-corrected chi connectivity index (χ4v) is 3.73. The molecule has 1 saturated heterocycles. The van der Waals surface area contributed by atoms with E-state index in [0.29, 0.717) is 6.54 Å². The first-order valence-electron chi connectivity index (χ1n) is 5.54. The normalized spacial score (nSPS) is 31.5. The number of hydrogen-bond donors (Lipinski definition) is 0. The maximum Gasteiger partial charge on any atom is 0.247 e. The summed E-state index contributed by atoms with van der Waals surface area (Å²) in [5, 5.41) is 0. The van der Waals surface area contributed by atoms with E-state index < -0.39 is 15.4 Å². The van der Waals surface area contributed by atoms with Crippen LogP contribution >= 0.6 is 0 Å². The summed E-state index contributed by atoms with van der Waals surface area (Å²) >= 11 is 0. The lowest BCUT2D eigenvalue weighted by Gasteiger charge is -2.18. The summed E-state index contributed by atoms with van der Waals surface area (Å²) in [4.78, 5) is 12.3. The number of amides is 1. The van der Waals surface area contributed by atoms with Crippen molar-refractivity contribution < 1.29 is 13.2 Å². The van der Waals surface area contributed by atoms with E-state index in [1.165, 1.54) is 0 Å². The average molecular weight is 251 g/mol. The lowest BCUT2D eigenvalue weighted by atomic mass is 9.94. The fourth-order valence-electron chi connectivity index (χ4n) is 2.82. The van der Waals surface area contributed by atoms with Crippen LogP contribution in [0.4, 0.5) is 0 Å². The molecule has 1 aliphatic heterocycles. The highest BCUT2D eigenvalue weighted by Crippen LogP contribution is 2.60. The van der Waals surface area contributed by atoms with Crippen LogP contribution in [0.15, 0.2) is 30.3 Å². The highest BCUT2D eigenvalue weighted by Gasteiger charge is 2.68. The number of sulfonamides is 1. The molecule has 1 amide bonds. The molecule has 2 unspecified atom stereocenters. The standard InChI is InChI=1S/C12H13NO3S/c1-17(15,16)13-8-10-7-12(10,11(13)14)9-5-3-2-4-6-9/h2-6,10H,7-8H2,1H3. The van der Waals surface area contributed by atoms with E-state index in [2.05, 4.69) is 0 Å². The number of carbonyl (C=O) groups excluding carboxylic acids is 1. The van der Waals surface area contributed by atoms with Crippen molar-refractivity contribution in [3.63, 3.8) is 0 Å². The van der Waals surface area contributed by atoms with Gasteiger partial charge in [0.2, 0.25) is 15.9 Å².